The minimum Gasteiger partial charge on any atom is -0.390 e. The van der Waals surface area contributed by atoms with Gasteiger partial charge in [0.25, 0.3) is 0 Å². The van der Waals surface area contributed by atoms with E-state index in [1.54, 1.807) is 23.3 Å². The first kappa shape index (κ1) is 12.7. The third-order valence-corrected chi connectivity index (χ3v) is 2.82. The Hall–Kier alpha value is -1.72. The monoisotopic (exact) mass is 246 g/mol. The van der Waals surface area contributed by atoms with Gasteiger partial charge in [-0.15, -0.1) is 0 Å². The predicted molar refractivity (Wildman–Crippen MR) is 68.9 cm³/mol. The smallest absolute Gasteiger partial charge is 0.0860 e. The van der Waals surface area contributed by atoms with Gasteiger partial charge in [0.15, 0.2) is 0 Å². The molecule has 0 aromatic carbocycles. The number of rotatable bonds is 6. The molecule has 0 saturated heterocycles. The zero-order valence-electron chi connectivity index (χ0n) is 10.4. The molecular weight excluding hydrogens is 228 g/mol. The lowest BCUT2D eigenvalue weighted by molar-refractivity contribution is 0.143. The largest absolute Gasteiger partial charge is 0.390 e. The van der Waals surface area contributed by atoms with Gasteiger partial charge in [0.2, 0.25) is 0 Å². The second-order valence-corrected chi connectivity index (χ2v) is 4.29. The SMILES string of the molecule is C[C@@H](NCC(O)Cn1cccn1)c1ccncc1. The van der Waals surface area contributed by atoms with E-state index in [2.05, 4.69) is 22.3 Å². The van der Waals surface area contributed by atoms with Crippen molar-refractivity contribution in [3.05, 3.63) is 48.5 Å². The highest BCUT2D eigenvalue weighted by atomic mass is 16.3. The van der Waals surface area contributed by atoms with Crippen LogP contribution in [0.25, 0.3) is 0 Å². The molecule has 18 heavy (non-hydrogen) atoms. The summed E-state index contributed by atoms with van der Waals surface area (Å²) >= 11 is 0. The van der Waals surface area contributed by atoms with Crippen LogP contribution in [-0.2, 0) is 6.54 Å². The average molecular weight is 246 g/mol. The molecular formula is C13H18N4O. The van der Waals surface area contributed by atoms with E-state index in [-0.39, 0.29) is 6.04 Å². The Morgan fingerprint density at radius 2 is 2.11 bits per heavy atom. The molecule has 2 heterocycles. The molecule has 2 atom stereocenters. The van der Waals surface area contributed by atoms with Crippen molar-refractivity contribution in [1.29, 1.82) is 0 Å². The standard InChI is InChI=1S/C13H18N4O/c1-11(12-3-6-14-7-4-12)15-9-13(18)10-17-8-2-5-16-17/h2-8,11,13,15,18H,9-10H2,1H3/t11-,13?/m1/s1. The average Bonchev–Trinajstić information content (AvgIpc) is 2.90. The van der Waals surface area contributed by atoms with Crippen molar-refractivity contribution < 1.29 is 5.11 Å². The van der Waals surface area contributed by atoms with E-state index in [0.717, 1.165) is 5.56 Å². The Bertz CT molecular complexity index is 443. The van der Waals surface area contributed by atoms with Crippen LogP contribution in [0.1, 0.15) is 18.5 Å². The molecule has 0 spiro atoms. The Morgan fingerprint density at radius 1 is 1.33 bits per heavy atom. The second-order valence-electron chi connectivity index (χ2n) is 4.29. The summed E-state index contributed by atoms with van der Waals surface area (Å²) in [6.45, 7) is 3.10. The van der Waals surface area contributed by atoms with Gasteiger partial charge in [-0.1, -0.05) is 0 Å². The molecule has 0 aliphatic heterocycles. The number of nitrogens with one attached hydrogen (secondary N) is 1. The molecule has 0 aliphatic carbocycles. The normalized spacial score (nSPS) is 14.3. The Kier molecular flexibility index (Phi) is 4.44. The molecule has 96 valence electrons. The van der Waals surface area contributed by atoms with Crippen LogP contribution in [0, 0.1) is 0 Å². The Labute approximate surface area is 106 Å². The lowest BCUT2D eigenvalue weighted by atomic mass is 10.1. The summed E-state index contributed by atoms with van der Waals surface area (Å²) < 4.78 is 1.73. The highest BCUT2D eigenvalue weighted by Crippen LogP contribution is 2.09. The number of nitrogens with zero attached hydrogens (tertiary/aromatic N) is 3. The van der Waals surface area contributed by atoms with Gasteiger partial charge in [-0.25, -0.2) is 0 Å². The van der Waals surface area contributed by atoms with E-state index in [1.807, 2.05) is 24.4 Å². The van der Waals surface area contributed by atoms with Crippen LogP contribution in [0.4, 0.5) is 0 Å². The van der Waals surface area contributed by atoms with E-state index in [1.165, 1.54) is 0 Å². The predicted octanol–water partition coefficient (Wildman–Crippen LogP) is 0.990. The minimum absolute atomic E-state index is 0.195. The maximum absolute atomic E-state index is 9.88. The van der Waals surface area contributed by atoms with Gasteiger partial charge in [-0.2, -0.15) is 5.10 Å². The topological polar surface area (TPSA) is 63.0 Å². The fourth-order valence-electron chi connectivity index (χ4n) is 1.77. The molecule has 0 radical (unpaired) electrons. The number of hydrogen-bond acceptors (Lipinski definition) is 4. The van der Waals surface area contributed by atoms with E-state index < -0.39 is 6.10 Å². The van der Waals surface area contributed by atoms with Crippen LogP contribution in [0.3, 0.4) is 0 Å². The molecule has 5 heteroatoms. The summed E-state index contributed by atoms with van der Waals surface area (Å²) in [7, 11) is 0. The molecule has 2 aromatic heterocycles. The van der Waals surface area contributed by atoms with Crippen molar-refractivity contribution in [1.82, 2.24) is 20.1 Å². The van der Waals surface area contributed by atoms with Gasteiger partial charge in [0, 0.05) is 37.4 Å². The highest BCUT2D eigenvalue weighted by molar-refractivity contribution is 5.13. The summed E-state index contributed by atoms with van der Waals surface area (Å²) in [5.74, 6) is 0. The first-order valence-corrected chi connectivity index (χ1v) is 6.04. The molecule has 0 amide bonds. The van der Waals surface area contributed by atoms with Crippen LogP contribution in [0.2, 0.25) is 0 Å². The van der Waals surface area contributed by atoms with Gasteiger partial charge < -0.3 is 10.4 Å². The summed E-state index contributed by atoms with van der Waals surface area (Å²) in [6.07, 6.45) is 6.64. The molecule has 0 bridgehead atoms. The molecule has 0 aliphatic rings. The van der Waals surface area contributed by atoms with Crippen LogP contribution in [0.5, 0.6) is 0 Å². The van der Waals surface area contributed by atoms with Gasteiger partial charge in [-0.05, 0) is 30.7 Å². The zero-order chi connectivity index (χ0) is 12.8. The van der Waals surface area contributed by atoms with Crippen molar-refractivity contribution in [2.45, 2.75) is 25.6 Å². The molecule has 1 unspecified atom stereocenters. The molecule has 2 N–H and O–H groups in total. The molecule has 5 nitrogen and oxygen atoms in total. The molecule has 2 rings (SSSR count). The summed E-state index contributed by atoms with van der Waals surface area (Å²) in [4.78, 5) is 3.98. The quantitative estimate of drug-likeness (QED) is 0.798. The van der Waals surface area contributed by atoms with E-state index in [0.29, 0.717) is 13.1 Å². The third kappa shape index (κ3) is 3.65. The van der Waals surface area contributed by atoms with Gasteiger partial charge in [0.1, 0.15) is 0 Å². The Balaban J connectivity index is 1.77. The fraction of sp³-hybridized carbons (Fsp3) is 0.385. The summed E-state index contributed by atoms with van der Waals surface area (Å²) in [6, 6.07) is 5.98. The first-order chi connectivity index (χ1) is 8.75. The summed E-state index contributed by atoms with van der Waals surface area (Å²) in [5.41, 5.74) is 1.16. The maximum atomic E-state index is 9.88. The number of aliphatic hydroxyl groups excluding tert-OH is 1. The van der Waals surface area contributed by atoms with Crippen LogP contribution in [-0.4, -0.2) is 32.5 Å². The number of aliphatic hydroxyl groups is 1. The van der Waals surface area contributed by atoms with Crippen molar-refractivity contribution >= 4 is 0 Å². The van der Waals surface area contributed by atoms with Crippen molar-refractivity contribution in [3.8, 4) is 0 Å². The lowest BCUT2D eigenvalue weighted by Gasteiger charge is -2.17. The molecule has 0 saturated carbocycles. The second kappa shape index (κ2) is 6.28. The molecule has 2 aromatic rings. The minimum atomic E-state index is -0.450. The number of aromatic nitrogens is 3. The Morgan fingerprint density at radius 3 is 2.78 bits per heavy atom. The highest BCUT2D eigenvalue weighted by Gasteiger charge is 2.09. The maximum Gasteiger partial charge on any atom is 0.0860 e. The van der Waals surface area contributed by atoms with Crippen LogP contribution in [0.15, 0.2) is 43.0 Å². The van der Waals surface area contributed by atoms with Crippen molar-refractivity contribution in [3.63, 3.8) is 0 Å². The zero-order valence-corrected chi connectivity index (χ0v) is 10.4. The van der Waals surface area contributed by atoms with Gasteiger partial charge in [0.05, 0.1) is 12.6 Å². The lowest BCUT2D eigenvalue weighted by Crippen LogP contribution is -2.32. The van der Waals surface area contributed by atoms with E-state index in [9.17, 15) is 5.11 Å². The first-order valence-electron chi connectivity index (χ1n) is 6.04. The fourth-order valence-corrected chi connectivity index (χ4v) is 1.77. The van der Waals surface area contributed by atoms with E-state index >= 15 is 0 Å². The number of pyridine rings is 1. The van der Waals surface area contributed by atoms with Crippen LogP contribution < -0.4 is 5.32 Å². The number of hydrogen-bond donors (Lipinski definition) is 2. The van der Waals surface area contributed by atoms with Crippen molar-refractivity contribution in [2.75, 3.05) is 6.54 Å². The third-order valence-electron chi connectivity index (χ3n) is 2.82. The molecule has 0 fully saturated rings. The van der Waals surface area contributed by atoms with E-state index in [4.69, 9.17) is 0 Å². The van der Waals surface area contributed by atoms with Gasteiger partial charge >= 0.3 is 0 Å². The van der Waals surface area contributed by atoms with Crippen molar-refractivity contribution in [2.24, 2.45) is 0 Å². The van der Waals surface area contributed by atoms with Gasteiger partial charge in [-0.3, -0.25) is 9.67 Å². The summed E-state index contributed by atoms with van der Waals surface area (Å²) in [5, 5.41) is 17.2. The van der Waals surface area contributed by atoms with Crippen LogP contribution >= 0.6 is 0 Å².